The maximum Gasteiger partial charge on any atom is 0.339 e. The summed E-state index contributed by atoms with van der Waals surface area (Å²) in [7, 11) is 1.26. The molecule has 2 aliphatic rings. The Kier molecular flexibility index (Phi) is 6.97. The molecule has 2 heterocycles. The first-order chi connectivity index (χ1) is 16.7. The van der Waals surface area contributed by atoms with Crippen molar-refractivity contribution in [1.82, 2.24) is 9.80 Å². The third-order valence-corrected chi connectivity index (χ3v) is 6.40. The molecule has 2 fully saturated rings. The van der Waals surface area contributed by atoms with Crippen molar-refractivity contribution >= 4 is 23.6 Å². The summed E-state index contributed by atoms with van der Waals surface area (Å²) >= 11 is 0. The fourth-order valence-electron chi connectivity index (χ4n) is 4.70. The average molecular weight is 490 g/mol. The molecule has 2 aromatic carbocycles. The monoisotopic (exact) mass is 490 g/mol. The lowest BCUT2D eigenvalue weighted by atomic mass is 10.0. The number of nitrogens with zero attached hydrogens (tertiary/aromatic N) is 2. The topological polar surface area (TPSA) is 105 Å². The first-order valence-corrected chi connectivity index (χ1v) is 11.1. The van der Waals surface area contributed by atoms with Crippen LogP contribution in [0.25, 0.3) is 0 Å². The summed E-state index contributed by atoms with van der Waals surface area (Å²) in [6.45, 7) is 0.636. The Balaban J connectivity index is 1.33. The molecule has 0 aromatic heterocycles. The summed E-state index contributed by atoms with van der Waals surface area (Å²) in [4.78, 5) is 40.9. The van der Waals surface area contributed by atoms with Crippen molar-refractivity contribution in [1.29, 1.82) is 0 Å². The number of amides is 3. The lowest BCUT2D eigenvalue weighted by Gasteiger charge is -2.34. The number of esters is 1. The highest BCUT2D eigenvalue weighted by Crippen LogP contribution is 2.32. The van der Waals surface area contributed by atoms with E-state index in [0.717, 1.165) is 6.07 Å². The van der Waals surface area contributed by atoms with Gasteiger partial charge >= 0.3 is 12.0 Å². The van der Waals surface area contributed by atoms with E-state index in [2.05, 4.69) is 5.32 Å². The van der Waals surface area contributed by atoms with Crippen LogP contribution in [0.2, 0.25) is 0 Å². The molecule has 0 unspecified atom stereocenters. The molecule has 3 atom stereocenters. The largest absolute Gasteiger partial charge is 0.465 e. The summed E-state index contributed by atoms with van der Waals surface area (Å²) in [5.41, 5.74) is 6.46. The Hall–Kier alpha value is -3.60. The van der Waals surface area contributed by atoms with E-state index in [0.29, 0.717) is 31.3 Å². The first kappa shape index (κ1) is 24.5. The number of hydrogen-bond donors (Lipinski definition) is 2. The number of hydrogen-bond acceptors (Lipinski definition) is 5. The quantitative estimate of drug-likeness (QED) is 0.479. The molecule has 2 saturated heterocycles. The lowest BCUT2D eigenvalue weighted by molar-refractivity contribution is -0.133. The van der Waals surface area contributed by atoms with Crippen LogP contribution in [0.1, 0.15) is 28.8 Å². The van der Waals surface area contributed by atoms with Gasteiger partial charge in [-0.2, -0.15) is 0 Å². The van der Waals surface area contributed by atoms with Gasteiger partial charge in [0.2, 0.25) is 5.91 Å². The second-order valence-corrected chi connectivity index (χ2v) is 8.74. The van der Waals surface area contributed by atoms with E-state index >= 15 is 0 Å². The van der Waals surface area contributed by atoms with Crippen LogP contribution in [-0.4, -0.2) is 66.0 Å². The summed E-state index contributed by atoms with van der Waals surface area (Å²) in [6, 6.07) is 6.16. The third-order valence-electron chi connectivity index (χ3n) is 6.40. The SMILES string of the molecule is COC(=O)c1ccccc1NC(=O)N1C[C@@H]2C[C@H]1CN2C(=O)C[C@H](N)Cc1cc(F)c(F)cc1F. The van der Waals surface area contributed by atoms with Gasteiger partial charge in [-0.05, 0) is 36.6 Å². The molecular formula is C24H25F3N4O4. The molecule has 0 spiro atoms. The van der Waals surface area contributed by atoms with Gasteiger partial charge in [0.05, 0.1) is 30.4 Å². The molecule has 2 aromatic rings. The molecule has 0 saturated carbocycles. The van der Waals surface area contributed by atoms with Crippen LogP contribution in [0, 0.1) is 17.5 Å². The van der Waals surface area contributed by atoms with Gasteiger partial charge in [-0.3, -0.25) is 4.79 Å². The molecule has 0 radical (unpaired) electrons. The van der Waals surface area contributed by atoms with Gasteiger partial charge in [0, 0.05) is 31.6 Å². The van der Waals surface area contributed by atoms with Crippen molar-refractivity contribution in [2.45, 2.75) is 37.4 Å². The summed E-state index contributed by atoms with van der Waals surface area (Å²) in [5, 5.41) is 2.74. The zero-order valence-electron chi connectivity index (χ0n) is 19.0. The van der Waals surface area contributed by atoms with Gasteiger partial charge < -0.3 is 25.6 Å². The molecule has 2 bridgehead atoms. The highest BCUT2D eigenvalue weighted by atomic mass is 19.2. The van der Waals surface area contributed by atoms with Gasteiger partial charge in [0.1, 0.15) is 5.82 Å². The standard InChI is InChI=1S/C24H25F3N4O4/c1-35-23(33)17-4-2-3-5-21(17)29-24(34)31-12-15-9-16(31)11-30(15)22(32)8-14(28)6-13-7-19(26)20(27)10-18(13)25/h2-5,7,10,14-16H,6,8-9,11-12,28H2,1H3,(H,29,34)/t14-,15+,16+/m1/s1. The number of halogens is 3. The van der Waals surface area contributed by atoms with Crippen LogP contribution in [0.3, 0.4) is 0 Å². The van der Waals surface area contributed by atoms with Crippen LogP contribution in [0.5, 0.6) is 0 Å². The normalized spacial score (nSPS) is 19.6. The Bertz CT molecular complexity index is 1160. The van der Waals surface area contributed by atoms with E-state index in [1.165, 1.54) is 7.11 Å². The second-order valence-electron chi connectivity index (χ2n) is 8.74. The number of carbonyl (C=O) groups excluding carboxylic acids is 3. The molecule has 8 nitrogen and oxygen atoms in total. The molecule has 11 heteroatoms. The smallest absolute Gasteiger partial charge is 0.339 e. The maximum absolute atomic E-state index is 13.9. The van der Waals surface area contributed by atoms with Gasteiger partial charge in [0.25, 0.3) is 0 Å². The molecule has 35 heavy (non-hydrogen) atoms. The van der Waals surface area contributed by atoms with Crippen molar-refractivity contribution < 1.29 is 32.3 Å². The fraction of sp³-hybridized carbons (Fsp3) is 0.375. The van der Waals surface area contributed by atoms with Crippen molar-refractivity contribution in [3.8, 4) is 0 Å². The highest BCUT2D eigenvalue weighted by molar-refractivity contribution is 6.01. The minimum absolute atomic E-state index is 0.0952. The highest BCUT2D eigenvalue weighted by Gasteiger charge is 2.47. The number of likely N-dealkylation sites (tertiary alicyclic amines) is 2. The van der Waals surface area contributed by atoms with Crippen LogP contribution in [-0.2, 0) is 16.0 Å². The van der Waals surface area contributed by atoms with E-state index in [-0.39, 0.29) is 48.0 Å². The fourth-order valence-corrected chi connectivity index (χ4v) is 4.70. The molecule has 3 amide bonds. The van der Waals surface area contributed by atoms with Crippen molar-refractivity contribution in [2.24, 2.45) is 5.73 Å². The van der Waals surface area contributed by atoms with Gasteiger partial charge in [0.15, 0.2) is 11.6 Å². The lowest BCUT2D eigenvalue weighted by Crippen LogP contribution is -2.52. The predicted molar refractivity (Wildman–Crippen MR) is 120 cm³/mol. The van der Waals surface area contributed by atoms with Crippen molar-refractivity contribution in [2.75, 3.05) is 25.5 Å². The summed E-state index contributed by atoms with van der Waals surface area (Å²) in [6.07, 6.45) is 0.385. The molecule has 4 rings (SSSR count). The number of carbonyl (C=O) groups is 3. The Labute approximate surface area is 199 Å². The minimum atomic E-state index is -1.29. The van der Waals surface area contributed by atoms with Crippen molar-refractivity contribution in [3.05, 3.63) is 65.0 Å². The van der Waals surface area contributed by atoms with Gasteiger partial charge in [-0.15, -0.1) is 0 Å². The molecule has 3 N–H and O–H groups in total. The Morgan fingerprint density at radius 1 is 1.06 bits per heavy atom. The number of anilines is 1. The van der Waals surface area contributed by atoms with E-state index in [4.69, 9.17) is 10.5 Å². The number of ether oxygens (including phenoxy) is 1. The second kappa shape index (κ2) is 9.95. The summed E-state index contributed by atoms with van der Waals surface area (Å²) < 4.78 is 45.2. The number of benzene rings is 2. The van der Waals surface area contributed by atoms with Crippen LogP contribution in [0.15, 0.2) is 36.4 Å². The van der Waals surface area contributed by atoms with Crippen molar-refractivity contribution in [3.63, 3.8) is 0 Å². The number of methoxy groups -OCH3 is 1. The average Bonchev–Trinajstić information content (AvgIpc) is 3.44. The molecule has 2 aliphatic heterocycles. The van der Waals surface area contributed by atoms with Crippen LogP contribution in [0.4, 0.5) is 23.7 Å². The predicted octanol–water partition coefficient (Wildman–Crippen LogP) is 2.67. The van der Waals surface area contributed by atoms with E-state index in [9.17, 15) is 27.6 Å². The summed E-state index contributed by atoms with van der Waals surface area (Å²) in [5.74, 6) is -4.19. The number of fused-ring (bicyclic) bond motifs is 2. The number of para-hydroxylation sites is 1. The zero-order valence-corrected chi connectivity index (χ0v) is 19.0. The first-order valence-electron chi connectivity index (χ1n) is 11.1. The molecule has 0 aliphatic carbocycles. The maximum atomic E-state index is 13.9. The minimum Gasteiger partial charge on any atom is -0.465 e. The van der Waals surface area contributed by atoms with E-state index in [1.807, 2.05) is 0 Å². The molecular weight excluding hydrogens is 465 g/mol. The van der Waals surface area contributed by atoms with E-state index < -0.39 is 29.5 Å². The van der Waals surface area contributed by atoms with Crippen LogP contribution >= 0.6 is 0 Å². The number of piperazine rings is 1. The van der Waals surface area contributed by atoms with Crippen LogP contribution < -0.4 is 11.1 Å². The van der Waals surface area contributed by atoms with Gasteiger partial charge in [-0.25, -0.2) is 22.8 Å². The Morgan fingerprint density at radius 3 is 2.40 bits per heavy atom. The zero-order chi connectivity index (χ0) is 25.3. The number of nitrogens with one attached hydrogen (secondary N) is 1. The Morgan fingerprint density at radius 2 is 1.71 bits per heavy atom. The number of urea groups is 1. The molecule has 186 valence electrons. The van der Waals surface area contributed by atoms with Gasteiger partial charge in [-0.1, -0.05) is 12.1 Å². The number of rotatable bonds is 6. The third kappa shape index (κ3) is 5.09. The van der Waals surface area contributed by atoms with E-state index in [1.54, 1.807) is 34.1 Å². The number of nitrogens with two attached hydrogens (primary N) is 1.